The molecule has 0 radical (unpaired) electrons. The summed E-state index contributed by atoms with van der Waals surface area (Å²) in [5.74, 6) is 0. The molecule has 2 aromatic rings. The van der Waals surface area contributed by atoms with Gasteiger partial charge in [0.05, 0.1) is 0 Å². The van der Waals surface area contributed by atoms with E-state index in [2.05, 4.69) is 90.1 Å². The van der Waals surface area contributed by atoms with Crippen LogP contribution in [0, 0.1) is 0 Å². The third-order valence-electron chi connectivity index (χ3n) is 3.06. The van der Waals surface area contributed by atoms with Gasteiger partial charge in [-0.1, -0.05) is 52.4 Å². The largest absolute Gasteiger partial charge is 2.00 e. The van der Waals surface area contributed by atoms with E-state index in [0.717, 1.165) is 0 Å². The van der Waals surface area contributed by atoms with Crippen molar-refractivity contribution in [2.24, 2.45) is 0 Å². The molecule has 0 saturated heterocycles. The van der Waals surface area contributed by atoms with Crippen LogP contribution in [0.15, 0.2) is 48.5 Å². The molecular formula is C18H26Sr. The second-order valence-electron chi connectivity index (χ2n) is 6.85. The van der Waals surface area contributed by atoms with E-state index >= 15 is 0 Å². The van der Waals surface area contributed by atoms with E-state index in [9.17, 15) is 0 Å². The summed E-state index contributed by atoms with van der Waals surface area (Å²) in [4.78, 5) is 0. The van der Waals surface area contributed by atoms with Crippen LogP contribution < -0.4 is 0 Å². The molecule has 0 fully saturated rings. The molecule has 2 aromatic carbocycles. The normalized spacial score (nSPS) is 11.3. The number of rotatable bonds is 0. The van der Waals surface area contributed by atoms with Gasteiger partial charge in [0.15, 0.2) is 0 Å². The summed E-state index contributed by atoms with van der Waals surface area (Å²) < 4.78 is 0. The summed E-state index contributed by atoms with van der Waals surface area (Å²) in [6.07, 6.45) is 0. The van der Waals surface area contributed by atoms with Gasteiger partial charge in [0.2, 0.25) is 0 Å². The fourth-order valence-electron chi connectivity index (χ4n) is 1.75. The van der Waals surface area contributed by atoms with Crippen molar-refractivity contribution in [3.63, 3.8) is 0 Å². The van der Waals surface area contributed by atoms with E-state index in [4.69, 9.17) is 0 Å². The fourth-order valence-corrected chi connectivity index (χ4v) is 1.75. The van der Waals surface area contributed by atoms with Gasteiger partial charge in [-0.15, -0.1) is 0 Å². The van der Waals surface area contributed by atoms with Gasteiger partial charge in [-0.25, -0.2) is 24.3 Å². The average Bonchev–Trinajstić information content (AvgIpc) is 2.91. The van der Waals surface area contributed by atoms with E-state index in [1.807, 2.05) is 0 Å². The van der Waals surface area contributed by atoms with Gasteiger partial charge in [0.25, 0.3) is 0 Å². The quantitative estimate of drug-likeness (QED) is 0.470. The van der Waals surface area contributed by atoms with Gasteiger partial charge < -0.3 is 0 Å². The van der Waals surface area contributed by atoms with Crippen molar-refractivity contribution < 1.29 is 0 Å². The Morgan fingerprint density at radius 1 is 0.526 bits per heavy atom. The van der Waals surface area contributed by atoms with Crippen molar-refractivity contribution in [2.75, 3.05) is 0 Å². The molecule has 0 nitrogen and oxygen atoms in total. The maximum Gasteiger partial charge on any atom is 2.00 e. The van der Waals surface area contributed by atoms with Crippen molar-refractivity contribution in [1.29, 1.82) is 0 Å². The Balaban J connectivity index is 0.000000324. The Morgan fingerprint density at radius 2 is 0.737 bits per heavy atom. The van der Waals surface area contributed by atoms with Crippen LogP contribution in [0.3, 0.4) is 0 Å². The Hall–Kier alpha value is 0.181. The van der Waals surface area contributed by atoms with Crippen molar-refractivity contribution in [1.82, 2.24) is 0 Å². The summed E-state index contributed by atoms with van der Waals surface area (Å²) in [6, 6.07) is 17.0. The maximum atomic E-state index is 2.22. The van der Waals surface area contributed by atoms with Crippen molar-refractivity contribution in [2.45, 2.75) is 52.4 Å². The summed E-state index contributed by atoms with van der Waals surface area (Å²) in [5.41, 5.74) is 3.48. The Labute approximate surface area is 156 Å². The predicted octanol–water partition coefficient (Wildman–Crippen LogP) is 5.03. The Kier molecular flexibility index (Phi) is 7.90. The van der Waals surface area contributed by atoms with Gasteiger partial charge in [-0.2, -0.15) is 35.4 Å². The summed E-state index contributed by atoms with van der Waals surface area (Å²) >= 11 is 0. The Bertz CT molecular complexity index is 375. The van der Waals surface area contributed by atoms with Crippen LogP contribution in [0.25, 0.3) is 0 Å². The van der Waals surface area contributed by atoms with E-state index in [0.29, 0.717) is 10.8 Å². The van der Waals surface area contributed by atoms with Crippen LogP contribution in [0.2, 0.25) is 0 Å². The first-order valence-corrected chi connectivity index (χ1v) is 6.65. The van der Waals surface area contributed by atoms with Crippen LogP contribution in [0.4, 0.5) is 0 Å². The summed E-state index contributed by atoms with van der Waals surface area (Å²) in [7, 11) is 0. The van der Waals surface area contributed by atoms with Crippen molar-refractivity contribution >= 4 is 45.5 Å². The molecule has 0 atom stereocenters. The molecule has 0 heterocycles. The molecule has 2 rings (SSSR count). The molecule has 19 heavy (non-hydrogen) atoms. The SMILES string of the molecule is CC(C)(C)[c-]1cccc1.CC(C)(C)[c-]1cccc1.[Sr+2]. The van der Waals surface area contributed by atoms with Gasteiger partial charge in [-0.05, 0) is 0 Å². The predicted molar refractivity (Wildman–Crippen MR) is 87.2 cm³/mol. The van der Waals surface area contributed by atoms with Gasteiger partial charge >= 0.3 is 45.5 Å². The van der Waals surface area contributed by atoms with Gasteiger partial charge in [0.1, 0.15) is 0 Å². The van der Waals surface area contributed by atoms with Gasteiger partial charge in [-0.3, -0.25) is 0 Å². The first kappa shape index (κ1) is 19.2. The molecule has 0 aromatic heterocycles. The van der Waals surface area contributed by atoms with Gasteiger partial charge in [0, 0.05) is 0 Å². The van der Waals surface area contributed by atoms with Crippen molar-refractivity contribution in [3.8, 4) is 0 Å². The number of hydrogen-bond acceptors (Lipinski definition) is 0. The molecule has 0 amide bonds. The van der Waals surface area contributed by atoms with Crippen LogP contribution in [-0.4, -0.2) is 45.5 Å². The minimum Gasteiger partial charge on any atom is -0.213 e. The molecular weight excluding hydrogens is 304 g/mol. The fraction of sp³-hybridized carbons (Fsp3) is 0.444. The molecule has 0 bridgehead atoms. The minimum atomic E-state index is 0. The van der Waals surface area contributed by atoms with Crippen molar-refractivity contribution in [3.05, 3.63) is 59.7 Å². The van der Waals surface area contributed by atoms with Crippen LogP contribution in [-0.2, 0) is 10.8 Å². The van der Waals surface area contributed by atoms with Crippen LogP contribution in [0.1, 0.15) is 52.7 Å². The maximum absolute atomic E-state index is 2.22. The number of hydrogen-bond donors (Lipinski definition) is 0. The molecule has 100 valence electrons. The summed E-state index contributed by atoms with van der Waals surface area (Å²) in [5, 5.41) is 0. The smallest absolute Gasteiger partial charge is 0.213 e. The molecule has 0 saturated carbocycles. The molecule has 1 heteroatoms. The second-order valence-corrected chi connectivity index (χ2v) is 6.85. The zero-order chi connectivity index (χ0) is 13.8. The van der Waals surface area contributed by atoms with E-state index in [-0.39, 0.29) is 45.5 Å². The van der Waals surface area contributed by atoms with E-state index in [1.165, 1.54) is 11.1 Å². The first-order valence-electron chi connectivity index (χ1n) is 6.65. The molecule has 0 aliphatic carbocycles. The molecule has 0 aliphatic rings. The standard InChI is InChI=1S/2C9H13.Sr/c2*1-9(2,3)8-6-4-5-7-8;/h2*4-7H,1-3H3;/q2*-1;+2. The minimum absolute atomic E-state index is 0. The molecule has 0 N–H and O–H groups in total. The zero-order valence-electron chi connectivity index (χ0n) is 13.3. The van der Waals surface area contributed by atoms with Crippen LogP contribution in [0.5, 0.6) is 0 Å². The van der Waals surface area contributed by atoms with E-state index < -0.39 is 0 Å². The first-order chi connectivity index (χ1) is 8.21. The molecule has 0 spiro atoms. The zero-order valence-corrected chi connectivity index (χ0v) is 16.8. The molecule has 0 aliphatic heterocycles. The average molecular weight is 330 g/mol. The van der Waals surface area contributed by atoms with E-state index in [1.54, 1.807) is 0 Å². The third-order valence-corrected chi connectivity index (χ3v) is 3.06. The third kappa shape index (κ3) is 6.94. The molecule has 0 unspecified atom stereocenters. The van der Waals surface area contributed by atoms with Crippen LogP contribution >= 0.6 is 0 Å². The summed E-state index contributed by atoms with van der Waals surface area (Å²) in [6.45, 7) is 13.3. The Morgan fingerprint density at radius 3 is 0.842 bits per heavy atom. The second kappa shape index (κ2) is 7.83. The topological polar surface area (TPSA) is 0 Å². The monoisotopic (exact) mass is 330 g/mol.